The smallest absolute Gasteiger partial charge is 0.191 e. The first-order valence-electron chi connectivity index (χ1n) is 8.14. The number of nitrogens with zero attached hydrogens (tertiary/aromatic N) is 1. The van der Waals surface area contributed by atoms with Gasteiger partial charge in [0.25, 0.3) is 0 Å². The number of benzene rings is 1. The second-order valence-corrected chi connectivity index (χ2v) is 8.15. The summed E-state index contributed by atoms with van der Waals surface area (Å²) in [4.78, 5) is 4.91. The van der Waals surface area contributed by atoms with Gasteiger partial charge in [0.05, 0.1) is 11.4 Å². The fourth-order valence-electron chi connectivity index (χ4n) is 1.87. The highest BCUT2D eigenvalue weighted by molar-refractivity contribution is 7.90. The molecular formula is C17H29N3O2S. The molecular weight excluding hydrogens is 310 g/mol. The first-order chi connectivity index (χ1) is 10.8. The maximum atomic E-state index is 11.5. The van der Waals surface area contributed by atoms with E-state index in [9.17, 15) is 8.42 Å². The van der Waals surface area contributed by atoms with Crippen molar-refractivity contribution in [2.75, 3.05) is 19.3 Å². The molecule has 0 amide bonds. The van der Waals surface area contributed by atoms with Crippen molar-refractivity contribution in [1.29, 1.82) is 0 Å². The summed E-state index contributed by atoms with van der Waals surface area (Å²) in [5.41, 5.74) is 0.985. The highest BCUT2D eigenvalue weighted by atomic mass is 32.2. The molecule has 130 valence electrons. The number of guanidine groups is 1. The molecule has 0 bridgehead atoms. The molecule has 6 heteroatoms. The Morgan fingerprint density at radius 3 is 2.35 bits per heavy atom. The Bertz CT molecular complexity index is 593. The van der Waals surface area contributed by atoms with Crippen molar-refractivity contribution in [3.05, 3.63) is 29.8 Å². The van der Waals surface area contributed by atoms with Crippen LogP contribution in [-0.2, 0) is 16.4 Å². The van der Waals surface area contributed by atoms with Crippen molar-refractivity contribution in [2.45, 2.75) is 45.1 Å². The number of hydrogen-bond donors (Lipinski definition) is 2. The Morgan fingerprint density at radius 2 is 1.83 bits per heavy atom. The molecule has 0 aromatic heterocycles. The summed E-state index contributed by atoms with van der Waals surface area (Å²) in [6, 6.07) is 6.88. The highest BCUT2D eigenvalue weighted by Crippen LogP contribution is 2.10. The van der Waals surface area contributed by atoms with Crippen LogP contribution in [0.2, 0.25) is 0 Å². The summed E-state index contributed by atoms with van der Waals surface area (Å²) in [6.45, 7) is 8.74. The molecule has 0 atom stereocenters. The van der Waals surface area contributed by atoms with Gasteiger partial charge in [-0.2, -0.15) is 0 Å². The molecule has 0 aliphatic rings. The maximum absolute atomic E-state index is 11.5. The molecule has 23 heavy (non-hydrogen) atoms. The number of rotatable bonds is 8. The average Bonchev–Trinajstić information content (AvgIpc) is 2.49. The third-order valence-electron chi connectivity index (χ3n) is 3.27. The summed E-state index contributed by atoms with van der Waals surface area (Å²) in [6.07, 6.45) is 3.45. The molecule has 0 saturated carbocycles. The first-order valence-corrected chi connectivity index (χ1v) is 10.0. The van der Waals surface area contributed by atoms with Gasteiger partial charge in [-0.25, -0.2) is 13.4 Å². The van der Waals surface area contributed by atoms with Crippen LogP contribution in [-0.4, -0.2) is 33.7 Å². The largest absolute Gasteiger partial charge is 0.356 e. The van der Waals surface area contributed by atoms with Crippen molar-refractivity contribution in [3.8, 4) is 0 Å². The van der Waals surface area contributed by atoms with Crippen molar-refractivity contribution in [3.63, 3.8) is 0 Å². The van der Waals surface area contributed by atoms with Crippen LogP contribution in [0.4, 0.5) is 0 Å². The monoisotopic (exact) mass is 339 g/mol. The molecule has 0 aliphatic carbocycles. The summed E-state index contributed by atoms with van der Waals surface area (Å²) in [5, 5.41) is 6.65. The maximum Gasteiger partial charge on any atom is 0.191 e. The highest BCUT2D eigenvalue weighted by Gasteiger charge is 2.06. The van der Waals surface area contributed by atoms with Crippen LogP contribution >= 0.6 is 0 Å². The van der Waals surface area contributed by atoms with Gasteiger partial charge in [-0.05, 0) is 30.0 Å². The summed E-state index contributed by atoms with van der Waals surface area (Å²) >= 11 is 0. The van der Waals surface area contributed by atoms with Crippen molar-refractivity contribution in [2.24, 2.45) is 10.9 Å². The number of nitrogens with one attached hydrogen (secondary N) is 2. The Morgan fingerprint density at radius 1 is 1.17 bits per heavy atom. The first kappa shape index (κ1) is 19.5. The normalized spacial score (nSPS) is 12.5. The van der Waals surface area contributed by atoms with Crippen molar-refractivity contribution in [1.82, 2.24) is 10.6 Å². The Kier molecular flexibility index (Phi) is 8.09. The SMILES string of the molecule is CCCCNC(=NCc1ccc(S(C)(=O)=O)cc1)NCC(C)C. The summed E-state index contributed by atoms with van der Waals surface area (Å²) in [5.74, 6) is 1.35. The topological polar surface area (TPSA) is 70.6 Å². The molecule has 0 unspecified atom stereocenters. The van der Waals surface area contributed by atoms with Crippen LogP contribution in [0.5, 0.6) is 0 Å². The van der Waals surface area contributed by atoms with Crippen molar-refractivity contribution < 1.29 is 8.42 Å². The minimum Gasteiger partial charge on any atom is -0.356 e. The fraction of sp³-hybridized carbons (Fsp3) is 0.588. The molecule has 1 aromatic rings. The molecule has 1 rings (SSSR count). The minimum absolute atomic E-state index is 0.337. The predicted octanol–water partition coefficient (Wildman–Crippen LogP) is 2.58. The molecule has 0 fully saturated rings. The van der Waals surface area contributed by atoms with E-state index in [4.69, 9.17) is 0 Å². The van der Waals surface area contributed by atoms with Gasteiger partial charge in [-0.3, -0.25) is 0 Å². The third-order valence-corrected chi connectivity index (χ3v) is 4.40. The number of hydrogen-bond acceptors (Lipinski definition) is 3. The number of aliphatic imine (C=N–C) groups is 1. The quantitative estimate of drug-likeness (QED) is 0.434. The molecule has 0 heterocycles. The average molecular weight is 340 g/mol. The van der Waals surface area contributed by atoms with E-state index in [1.165, 1.54) is 6.26 Å². The molecule has 0 saturated heterocycles. The van der Waals surface area contributed by atoms with E-state index in [0.29, 0.717) is 17.4 Å². The Balaban J connectivity index is 2.70. The Hall–Kier alpha value is -1.56. The van der Waals surface area contributed by atoms with E-state index in [1.54, 1.807) is 12.1 Å². The van der Waals surface area contributed by atoms with E-state index in [0.717, 1.165) is 37.5 Å². The van der Waals surface area contributed by atoms with E-state index in [1.807, 2.05) is 12.1 Å². The van der Waals surface area contributed by atoms with E-state index >= 15 is 0 Å². The zero-order valence-electron chi connectivity index (χ0n) is 14.6. The molecule has 0 radical (unpaired) electrons. The van der Waals surface area contributed by atoms with Gasteiger partial charge < -0.3 is 10.6 Å². The molecule has 5 nitrogen and oxygen atoms in total. The van der Waals surface area contributed by atoms with Crippen molar-refractivity contribution >= 4 is 15.8 Å². The van der Waals surface area contributed by atoms with Gasteiger partial charge in [0.15, 0.2) is 15.8 Å². The van der Waals surface area contributed by atoms with Gasteiger partial charge in [0.2, 0.25) is 0 Å². The van der Waals surface area contributed by atoms with Gasteiger partial charge in [-0.15, -0.1) is 0 Å². The van der Waals surface area contributed by atoms with E-state index in [-0.39, 0.29) is 0 Å². The van der Waals surface area contributed by atoms with Crippen LogP contribution < -0.4 is 10.6 Å². The second-order valence-electron chi connectivity index (χ2n) is 6.14. The second kappa shape index (κ2) is 9.55. The summed E-state index contributed by atoms with van der Waals surface area (Å²) in [7, 11) is -3.14. The zero-order chi connectivity index (χ0) is 17.3. The van der Waals surface area contributed by atoms with Crippen LogP contribution in [0.15, 0.2) is 34.2 Å². The van der Waals surface area contributed by atoms with Gasteiger partial charge >= 0.3 is 0 Å². The molecule has 2 N–H and O–H groups in total. The van der Waals surface area contributed by atoms with E-state index < -0.39 is 9.84 Å². The van der Waals surface area contributed by atoms with Crippen LogP contribution in [0, 0.1) is 5.92 Å². The lowest BCUT2D eigenvalue weighted by molar-refractivity contribution is 0.602. The molecule has 0 aliphatic heterocycles. The Labute approximate surface area is 140 Å². The predicted molar refractivity (Wildman–Crippen MR) is 96.4 cm³/mol. The lowest BCUT2D eigenvalue weighted by Gasteiger charge is -2.14. The summed E-state index contributed by atoms with van der Waals surface area (Å²) < 4.78 is 22.9. The lowest BCUT2D eigenvalue weighted by atomic mass is 10.2. The number of sulfone groups is 1. The molecule has 1 aromatic carbocycles. The standard InChI is InChI=1S/C17H29N3O2S/c1-5-6-11-18-17(19-12-14(2)3)20-13-15-7-9-16(10-8-15)23(4,21)22/h7-10,14H,5-6,11-13H2,1-4H3,(H2,18,19,20). The number of unbranched alkanes of at least 4 members (excludes halogenated alkanes) is 1. The third kappa shape index (κ3) is 8.02. The minimum atomic E-state index is -3.14. The molecule has 0 spiro atoms. The van der Waals surface area contributed by atoms with Gasteiger partial charge in [-0.1, -0.05) is 39.3 Å². The van der Waals surface area contributed by atoms with Crippen LogP contribution in [0.3, 0.4) is 0 Å². The zero-order valence-corrected chi connectivity index (χ0v) is 15.4. The van der Waals surface area contributed by atoms with Gasteiger partial charge in [0, 0.05) is 19.3 Å². The fourth-order valence-corrected chi connectivity index (χ4v) is 2.50. The van der Waals surface area contributed by atoms with Crippen LogP contribution in [0.25, 0.3) is 0 Å². The lowest BCUT2D eigenvalue weighted by Crippen LogP contribution is -2.39. The van der Waals surface area contributed by atoms with E-state index in [2.05, 4.69) is 36.4 Å². The van der Waals surface area contributed by atoms with Crippen LogP contribution in [0.1, 0.15) is 39.2 Å². The van der Waals surface area contributed by atoms with Gasteiger partial charge in [0.1, 0.15) is 0 Å².